The molecule has 78 valence electrons. The third-order valence-corrected chi connectivity index (χ3v) is 2.88. The van der Waals surface area contributed by atoms with Crippen molar-refractivity contribution in [2.24, 2.45) is 0 Å². The molecule has 0 saturated carbocycles. The fourth-order valence-electron chi connectivity index (χ4n) is 0.770. The van der Waals surface area contributed by atoms with Gasteiger partial charge < -0.3 is 4.74 Å². The van der Waals surface area contributed by atoms with Gasteiger partial charge in [-0.1, -0.05) is 15.9 Å². The van der Waals surface area contributed by atoms with Gasteiger partial charge in [0.05, 0.1) is 0 Å². The van der Waals surface area contributed by atoms with E-state index in [1.807, 2.05) is 22.6 Å². The summed E-state index contributed by atoms with van der Waals surface area (Å²) < 4.78 is 40.2. The lowest BCUT2D eigenvalue weighted by Gasteiger charge is -2.11. The molecule has 0 aliphatic rings. The Morgan fingerprint density at radius 3 is 2.64 bits per heavy atom. The highest BCUT2D eigenvalue weighted by Gasteiger charge is 2.33. The molecule has 0 spiro atoms. The Bertz CT molecular complexity index is 331. The van der Waals surface area contributed by atoms with E-state index in [-0.39, 0.29) is 5.33 Å². The fourth-order valence-corrected chi connectivity index (χ4v) is 2.42. The number of aromatic nitrogens is 1. The van der Waals surface area contributed by atoms with Gasteiger partial charge in [0.25, 0.3) is 0 Å². The van der Waals surface area contributed by atoms with Gasteiger partial charge in [-0.25, -0.2) is 4.98 Å². The highest BCUT2D eigenvalue weighted by molar-refractivity contribution is 14.1. The molecule has 0 N–H and O–H groups in total. The van der Waals surface area contributed by atoms with Crippen LogP contribution >= 0.6 is 38.5 Å². The average molecular weight is 382 g/mol. The summed E-state index contributed by atoms with van der Waals surface area (Å²) >= 11 is 4.99. The van der Waals surface area contributed by atoms with Gasteiger partial charge in [-0.05, 0) is 28.7 Å². The van der Waals surface area contributed by atoms with Crippen molar-refractivity contribution < 1.29 is 17.9 Å². The normalized spacial score (nSPS) is 11.5. The Kier molecular flexibility index (Phi) is 3.99. The number of hydrogen-bond acceptors (Lipinski definition) is 2. The molecule has 7 heteroatoms. The van der Waals surface area contributed by atoms with Crippen LogP contribution in [0.2, 0.25) is 0 Å². The van der Waals surface area contributed by atoms with Gasteiger partial charge in [0.2, 0.25) is 5.88 Å². The van der Waals surface area contributed by atoms with Crippen molar-refractivity contribution in [2.45, 2.75) is 11.7 Å². The summed E-state index contributed by atoms with van der Waals surface area (Å²) in [4.78, 5) is 3.52. The van der Waals surface area contributed by atoms with Crippen LogP contribution in [0, 0.1) is 3.57 Å². The minimum Gasteiger partial charge on any atom is -0.388 e. The summed E-state index contributed by atoms with van der Waals surface area (Å²) in [6.45, 7) is 0. The van der Waals surface area contributed by atoms with E-state index in [2.05, 4.69) is 25.7 Å². The monoisotopic (exact) mass is 381 g/mol. The molecule has 14 heavy (non-hydrogen) atoms. The van der Waals surface area contributed by atoms with Crippen LogP contribution in [0.25, 0.3) is 0 Å². The van der Waals surface area contributed by atoms with Crippen LogP contribution in [0.1, 0.15) is 5.56 Å². The van der Waals surface area contributed by atoms with E-state index in [9.17, 15) is 13.2 Å². The largest absolute Gasteiger partial charge is 0.574 e. The van der Waals surface area contributed by atoms with Gasteiger partial charge >= 0.3 is 6.36 Å². The minimum atomic E-state index is -4.70. The zero-order chi connectivity index (χ0) is 10.8. The summed E-state index contributed by atoms with van der Waals surface area (Å²) in [5, 5.41) is 0.268. The Balaban J connectivity index is 3.02. The van der Waals surface area contributed by atoms with Gasteiger partial charge in [-0.2, -0.15) is 0 Å². The van der Waals surface area contributed by atoms with Gasteiger partial charge in [-0.15, -0.1) is 13.2 Å². The topological polar surface area (TPSA) is 22.1 Å². The maximum Gasteiger partial charge on any atom is 0.574 e. The molecule has 0 aliphatic carbocycles. The first kappa shape index (κ1) is 12.0. The van der Waals surface area contributed by atoms with E-state index < -0.39 is 12.2 Å². The van der Waals surface area contributed by atoms with Crippen LogP contribution in [0.15, 0.2) is 12.3 Å². The zero-order valence-corrected chi connectivity index (χ0v) is 10.4. The first-order valence-corrected chi connectivity index (χ1v) is 5.59. The summed E-state index contributed by atoms with van der Waals surface area (Å²) in [6, 6.07) is 1.61. The van der Waals surface area contributed by atoms with Gasteiger partial charge in [-0.3, -0.25) is 0 Å². The number of alkyl halides is 4. The Labute approximate surface area is 100 Å². The Hall–Kier alpha value is -0.0500. The molecule has 0 amide bonds. The predicted octanol–water partition coefficient (Wildman–Crippen LogP) is 3.48. The molecule has 0 fully saturated rings. The van der Waals surface area contributed by atoms with Crippen molar-refractivity contribution in [1.82, 2.24) is 4.98 Å². The molecule has 2 nitrogen and oxygen atoms in total. The summed E-state index contributed by atoms with van der Waals surface area (Å²) in [6.07, 6.45) is -3.43. The van der Waals surface area contributed by atoms with Crippen molar-refractivity contribution >= 4 is 38.5 Å². The molecule has 0 radical (unpaired) electrons. The molecular weight excluding hydrogens is 378 g/mol. The molecule has 1 heterocycles. The fraction of sp³-hybridized carbons (Fsp3) is 0.286. The molecule has 1 rings (SSSR count). The number of nitrogens with zero attached hydrogens (tertiary/aromatic N) is 1. The van der Waals surface area contributed by atoms with E-state index in [0.717, 1.165) is 0 Å². The lowest BCUT2D eigenvalue weighted by atomic mass is 10.3. The van der Waals surface area contributed by atoms with Crippen LogP contribution in [-0.2, 0) is 5.33 Å². The molecule has 1 aromatic heterocycles. The lowest BCUT2D eigenvalue weighted by molar-refractivity contribution is -0.276. The second-order valence-corrected chi connectivity index (χ2v) is 3.98. The van der Waals surface area contributed by atoms with Crippen molar-refractivity contribution in [3.8, 4) is 5.88 Å². The molecule has 0 bridgehead atoms. The second kappa shape index (κ2) is 4.65. The number of rotatable bonds is 2. The third kappa shape index (κ3) is 3.26. The third-order valence-electron chi connectivity index (χ3n) is 1.31. The number of halogens is 5. The smallest absolute Gasteiger partial charge is 0.388 e. The van der Waals surface area contributed by atoms with Gasteiger partial charge in [0.1, 0.15) is 0 Å². The summed E-state index contributed by atoms with van der Waals surface area (Å²) in [7, 11) is 0. The molecular formula is C7H4BrF3INO. The standard InChI is InChI=1S/C7H4BrF3INO/c8-3-4-5(12)1-2-13-6(4)14-7(9,10)11/h1-2H,3H2. The minimum absolute atomic E-state index is 0.268. The number of pyridine rings is 1. The van der Waals surface area contributed by atoms with E-state index in [4.69, 9.17) is 0 Å². The molecule has 0 aromatic carbocycles. The Morgan fingerprint density at radius 2 is 2.14 bits per heavy atom. The number of hydrogen-bond donors (Lipinski definition) is 0. The second-order valence-electron chi connectivity index (χ2n) is 2.26. The van der Waals surface area contributed by atoms with E-state index in [1.165, 1.54) is 6.20 Å². The first-order chi connectivity index (χ1) is 6.44. The molecule has 0 saturated heterocycles. The van der Waals surface area contributed by atoms with Crippen molar-refractivity contribution in [1.29, 1.82) is 0 Å². The maximum atomic E-state index is 11.9. The molecule has 0 atom stereocenters. The zero-order valence-electron chi connectivity index (χ0n) is 6.61. The predicted molar refractivity (Wildman–Crippen MR) is 56.3 cm³/mol. The molecule has 0 unspecified atom stereocenters. The van der Waals surface area contributed by atoms with E-state index in [0.29, 0.717) is 9.13 Å². The average Bonchev–Trinajstić information content (AvgIpc) is 2.01. The molecule has 0 aliphatic heterocycles. The van der Waals surface area contributed by atoms with Crippen molar-refractivity contribution in [3.05, 3.63) is 21.4 Å². The van der Waals surface area contributed by atoms with Crippen molar-refractivity contribution in [2.75, 3.05) is 0 Å². The lowest BCUT2D eigenvalue weighted by Crippen LogP contribution is -2.19. The highest BCUT2D eigenvalue weighted by Crippen LogP contribution is 2.28. The maximum absolute atomic E-state index is 11.9. The van der Waals surface area contributed by atoms with Gasteiger partial charge in [0, 0.05) is 20.7 Å². The van der Waals surface area contributed by atoms with Crippen LogP contribution in [-0.4, -0.2) is 11.3 Å². The number of ether oxygens (including phenoxy) is 1. The molecule has 1 aromatic rings. The SMILES string of the molecule is FC(F)(F)Oc1nccc(I)c1CBr. The Morgan fingerprint density at radius 1 is 1.50 bits per heavy atom. The van der Waals surface area contributed by atoms with Crippen LogP contribution < -0.4 is 4.74 Å². The first-order valence-electron chi connectivity index (χ1n) is 3.39. The van der Waals surface area contributed by atoms with Crippen LogP contribution in [0.4, 0.5) is 13.2 Å². The quantitative estimate of drug-likeness (QED) is 0.578. The van der Waals surface area contributed by atoms with E-state index in [1.54, 1.807) is 6.07 Å². The van der Waals surface area contributed by atoms with Crippen LogP contribution in [0.5, 0.6) is 5.88 Å². The summed E-state index contributed by atoms with van der Waals surface area (Å²) in [5.74, 6) is -0.402. The summed E-state index contributed by atoms with van der Waals surface area (Å²) in [5.41, 5.74) is 0.394. The van der Waals surface area contributed by atoms with Crippen LogP contribution in [0.3, 0.4) is 0 Å². The van der Waals surface area contributed by atoms with E-state index >= 15 is 0 Å². The highest BCUT2D eigenvalue weighted by atomic mass is 127. The van der Waals surface area contributed by atoms with Crippen molar-refractivity contribution in [3.63, 3.8) is 0 Å². The van der Waals surface area contributed by atoms with Gasteiger partial charge in [0.15, 0.2) is 0 Å².